The van der Waals surface area contributed by atoms with E-state index in [2.05, 4.69) is 36.1 Å². The Morgan fingerprint density at radius 1 is 0.929 bits per heavy atom. The quantitative estimate of drug-likeness (QED) is 0.573. The second kappa shape index (κ2) is 8.30. The minimum atomic E-state index is -0.718. The molecule has 0 rings (SSSR count). The first-order chi connectivity index (χ1) is 6.12. The molecule has 0 N–H and O–H groups in total. The first kappa shape index (κ1) is 17.5. The van der Waals surface area contributed by atoms with Crippen molar-refractivity contribution in [2.75, 3.05) is 0 Å². The first-order valence-electron chi connectivity index (χ1n) is 4.52. The van der Waals surface area contributed by atoms with E-state index < -0.39 is 9.07 Å². The van der Waals surface area contributed by atoms with E-state index >= 15 is 0 Å². The van der Waals surface area contributed by atoms with Crippen molar-refractivity contribution in [3.05, 3.63) is 0 Å². The molecular weight excluding hydrogens is 300 g/mol. The maximum atomic E-state index is 5.40. The Bertz CT molecular complexity index is 118. The van der Waals surface area contributed by atoms with Crippen molar-refractivity contribution in [3.63, 3.8) is 0 Å². The van der Waals surface area contributed by atoms with Crippen LogP contribution >= 0.6 is 26.4 Å². The van der Waals surface area contributed by atoms with E-state index in [4.69, 9.17) is 19.9 Å². The third kappa shape index (κ3) is 23.2. The van der Waals surface area contributed by atoms with Gasteiger partial charge >= 0.3 is 0 Å². The topological polar surface area (TPSA) is 18.5 Å². The highest BCUT2D eigenvalue weighted by Gasteiger charge is 2.07. The summed E-state index contributed by atoms with van der Waals surface area (Å²) in [5.41, 5.74) is 0.0453. The second-order valence-corrected chi connectivity index (χ2v) is 7.77. The zero-order valence-corrected chi connectivity index (χ0v) is 15.2. The van der Waals surface area contributed by atoms with Gasteiger partial charge in [-0.3, -0.25) is 0 Å². The molecule has 0 aliphatic carbocycles. The summed E-state index contributed by atoms with van der Waals surface area (Å²) >= 11 is 8.70. The highest BCUT2D eigenvalue weighted by molar-refractivity contribution is 9.23. The Kier molecular flexibility index (Phi) is 10.4. The van der Waals surface area contributed by atoms with Crippen molar-refractivity contribution in [2.45, 2.75) is 52.7 Å². The fourth-order valence-electron chi connectivity index (χ4n) is 0.327. The lowest BCUT2D eigenvalue weighted by Crippen LogP contribution is -2.19. The summed E-state index contributed by atoms with van der Waals surface area (Å²) in [7, 11) is -1.10. The molecule has 6 heteroatoms. The highest BCUT2D eigenvalue weighted by atomic mass is 79.9. The molecule has 0 saturated heterocycles. The van der Waals surface area contributed by atoms with E-state index in [1.165, 1.54) is 0 Å². The van der Waals surface area contributed by atoms with Crippen LogP contribution in [0.2, 0.25) is 0 Å². The van der Waals surface area contributed by atoms with Gasteiger partial charge in [-0.05, 0) is 41.5 Å². The number of rotatable bonds is 2. The average Bonchev–Trinajstić information content (AvgIpc) is 1.81. The second-order valence-electron chi connectivity index (χ2n) is 4.73. The molecule has 0 bridgehead atoms. The van der Waals surface area contributed by atoms with E-state index in [1.807, 2.05) is 20.8 Å². The summed E-state index contributed by atoms with van der Waals surface area (Å²) in [6.07, 6.45) is 0. The summed E-state index contributed by atoms with van der Waals surface area (Å²) in [5.74, 6) is 0. The Labute approximate surface area is 105 Å². The van der Waals surface area contributed by atoms with Gasteiger partial charge < -0.3 is 8.85 Å². The number of halogens is 2. The van der Waals surface area contributed by atoms with Gasteiger partial charge in [-0.25, -0.2) is 0 Å². The van der Waals surface area contributed by atoms with Gasteiger partial charge in [-0.15, -0.1) is 11.1 Å². The van der Waals surface area contributed by atoms with Crippen molar-refractivity contribution >= 4 is 43.8 Å². The average molecular weight is 322 g/mol. The Morgan fingerprint density at radius 3 is 1.29 bits per heavy atom. The number of hydrogen-bond donors (Lipinski definition) is 0. The molecule has 0 fully saturated rings. The first-order valence-corrected chi connectivity index (χ1v) is 11.7. The van der Waals surface area contributed by atoms with Crippen molar-refractivity contribution in [3.8, 4) is 0 Å². The summed E-state index contributed by atoms with van der Waals surface area (Å²) in [4.78, 5) is 0. The van der Waals surface area contributed by atoms with Crippen molar-refractivity contribution in [1.82, 2.24) is 0 Å². The molecule has 0 aromatic heterocycles. The Morgan fingerprint density at radius 2 is 1.29 bits per heavy atom. The maximum Gasteiger partial charge on any atom is 0.259 e. The van der Waals surface area contributed by atoms with Gasteiger partial charge in [0.1, 0.15) is 0 Å². The van der Waals surface area contributed by atoms with Crippen molar-refractivity contribution < 1.29 is 8.85 Å². The molecule has 0 aliphatic rings. The van der Waals surface area contributed by atoms with E-state index in [0.717, 1.165) is 0 Å². The van der Waals surface area contributed by atoms with Gasteiger partial charge in [-0.1, -0.05) is 15.3 Å². The van der Waals surface area contributed by atoms with Crippen LogP contribution < -0.4 is 0 Å². The molecular formula is C8H22BrClO2Si2. The molecule has 0 amide bonds. The van der Waals surface area contributed by atoms with Crippen molar-refractivity contribution in [1.29, 1.82) is 0 Å². The summed E-state index contributed by atoms with van der Waals surface area (Å²) in [6.45, 7) is 12.2. The summed E-state index contributed by atoms with van der Waals surface area (Å²) in [5, 5.41) is 0. The smallest absolute Gasteiger partial charge is 0.259 e. The molecule has 0 unspecified atom stereocenters. The van der Waals surface area contributed by atoms with Gasteiger partial charge in [-0.2, -0.15) is 0 Å². The number of hydrogen-bond acceptors (Lipinski definition) is 2. The summed E-state index contributed by atoms with van der Waals surface area (Å²) in [6, 6.07) is 0. The van der Waals surface area contributed by atoms with Gasteiger partial charge in [0.05, 0.1) is 0 Å². The van der Waals surface area contributed by atoms with Crippen LogP contribution in [0.1, 0.15) is 41.5 Å². The Balaban J connectivity index is 0. The monoisotopic (exact) mass is 320 g/mol. The third-order valence-corrected chi connectivity index (χ3v) is 3.94. The fraction of sp³-hybridized carbons (Fsp3) is 1.00. The van der Waals surface area contributed by atoms with Gasteiger partial charge in [0, 0.05) is 11.2 Å². The lowest BCUT2D eigenvalue weighted by atomic mass is 10.2. The van der Waals surface area contributed by atoms with Crippen LogP contribution in [0.3, 0.4) is 0 Å². The standard InChI is InChI=1S/C4H11BrOSi.C4H11ClOSi/c2*1-4(2,3)6-7-5/h2*7H2,1-3H3. The van der Waals surface area contributed by atoms with E-state index in [1.54, 1.807) is 0 Å². The van der Waals surface area contributed by atoms with E-state index in [9.17, 15) is 0 Å². The lowest BCUT2D eigenvalue weighted by Gasteiger charge is -2.17. The molecule has 0 atom stereocenters. The molecule has 0 heterocycles. The molecule has 0 radical (unpaired) electrons. The predicted octanol–water partition coefficient (Wildman–Crippen LogP) is 2.23. The molecule has 0 aromatic carbocycles. The fourth-order valence-corrected chi connectivity index (χ4v) is 4.02. The molecule has 0 aromatic rings. The molecule has 0 aliphatic heterocycles. The molecule has 88 valence electrons. The largest absolute Gasteiger partial charge is 0.408 e. The molecule has 14 heavy (non-hydrogen) atoms. The van der Waals surface area contributed by atoms with Crippen LogP contribution in [0.15, 0.2) is 0 Å². The zero-order chi connectivity index (χ0) is 11.8. The zero-order valence-electron chi connectivity index (χ0n) is 9.99. The normalized spacial score (nSPS) is 13.7. The van der Waals surface area contributed by atoms with E-state index in [-0.39, 0.29) is 19.6 Å². The molecule has 0 spiro atoms. The van der Waals surface area contributed by atoms with Gasteiger partial charge in [0.2, 0.25) is 8.38 Å². The Hall–Kier alpha value is 1.12. The SMILES string of the molecule is CC(C)(C)O[SiH2]Br.CC(C)(C)O[SiH2]Cl. The minimum Gasteiger partial charge on any atom is -0.408 e. The van der Waals surface area contributed by atoms with Crippen LogP contribution in [-0.2, 0) is 8.85 Å². The molecule has 2 nitrogen and oxygen atoms in total. The molecule has 0 saturated carbocycles. The van der Waals surface area contributed by atoms with Crippen LogP contribution in [0.25, 0.3) is 0 Å². The third-order valence-electron chi connectivity index (χ3n) is 0.975. The summed E-state index contributed by atoms with van der Waals surface area (Å²) < 4.78 is 10.4. The maximum absolute atomic E-state index is 5.40. The highest BCUT2D eigenvalue weighted by Crippen LogP contribution is 2.05. The van der Waals surface area contributed by atoms with E-state index in [0.29, 0.717) is 0 Å². The predicted molar refractivity (Wildman–Crippen MR) is 73.5 cm³/mol. The van der Waals surface area contributed by atoms with Gasteiger partial charge in [0.15, 0.2) is 0 Å². The van der Waals surface area contributed by atoms with Crippen LogP contribution in [0.5, 0.6) is 0 Å². The lowest BCUT2D eigenvalue weighted by molar-refractivity contribution is 0.143. The van der Waals surface area contributed by atoms with Crippen LogP contribution in [0, 0.1) is 0 Å². The van der Waals surface area contributed by atoms with Crippen LogP contribution in [-0.4, -0.2) is 28.7 Å². The minimum absolute atomic E-state index is 0.0199. The van der Waals surface area contributed by atoms with Gasteiger partial charge in [0.25, 0.3) is 9.07 Å². The van der Waals surface area contributed by atoms with Crippen LogP contribution in [0.4, 0.5) is 0 Å². The van der Waals surface area contributed by atoms with Crippen molar-refractivity contribution in [2.24, 2.45) is 0 Å².